The standard InChI is InChI=1S/C20H26ClN3O6S2/c1-15(24(31(4,26)27)17-7-5-16(21)6-8-17)20(25)22-13-14-30-18-9-11-19(12-10-18)32(28,29)23(2)3/h5-12,15H,13-14H2,1-4H3,(H,22,25). The van der Waals surface area contributed by atoms with E-state index in [2.05, 4.69) is 5.32 Å². The first kappa shape index (κ1) is 25.9. The van der Waals surface area contributed by atoms with Gasteiger partial charge in [-0.1, -0.05) is 11.6 Å². The lowest BCUT2D eigenvalue weighted by Crippen LogP contribution is -2.48. The minimum atomic E-state index is -3.73. The van der Waals surface area contributed by atoms with E-state index in [9.17, 15) is 21.6 Å². The Morgan fingerprint density at radius 2 is 1.59 bits per heavy atom. The Kier molecular flexibility index (Phi) is 8.52. The Balaban J connectivity index is 1.95. The number of anilines is 1. The molecule has 0 aliphatic rings. The first-order chi connectivity index (χ1) is 14.8. The molecular formula is C20H26ClN3O6S2. The first-order valence-corrected chi connectivity index (χ1v) is 13.2. The predicted molar refractivity (Wildman–Crippen MR) is 124 cm³/mol. The van der Waals surface area contributed by atoms with Gasteiger partial charge in [-0.25, -0.2) is 21.1 Å². The Labute approximate surface area is 194 Å². The normalized spacial score (nSPS) is 12.9. The third-order valence-corrected chi connectivity index (χ3v) is 7.76. The molecule has 2 aromatic rings. The molecule has 0 saturated carbocycles. The van der Waals surface area contributed by atoms with Crippen LogP contribution in [-0.4, -0.2) is 66.6 Å². The van der Waals surface area contributed by atoms with E-state index >= 15 is 0 Å². The maximum Gasteiger partial charge on any atom is 0.243 e. The second-order valence-electron chi connectivity index (χ2n) is 7.11. The van der Waals surface area contributed by atoms with E-state index < -0.39 is 32.0 Å². The summed E-state index contributed by atoms with van der Waals surface area (Å²) in [7, 11) is -4.36. The van der Waals surface area contributed by atoms with E-state index in [-0.39, 0.29) is 18.0 Å². The fraction of sp³-hybridized carbons (Fsp3) is 0.350. The number of halogens is 1. The highest BCUT2D eigenvalue weighted by Crippen LogP contribution is 2.23. The van der Waals surface area contributed by atoms with E-state index in [4.69, 9.17) is 16.3 Å². The van der Waals surface area contributed by atoms with Gasteiger partial charge in [0.2, 0.25) is 26.0 Å². The zero-order valence-corrected chi connectivity index (χ0v) is 20.5. The van der Waals surface area contributed by atoms with Gasteiger partial charge in [0, 0.05) is 19.1 Å². The molecular weight excluding hydrogens is 478 g/mol. The highest BCUT2D eigenvalue weighted by atomic mass is 35.5. The van der Waals surface area contributed by atoms with Crippen LogP contribution in [0.4, 0.5) is 5.69 Å². The fourth-order valence-corrected chi connectivity index (χ4v) is 5.01. The minimum absolute atomic E-state index is 0.109. The molecule has 0 aliphatic heterocycles. The van der Waals surface area contributed by atoms with Crippen molar-refractivity contribution in [1.82, 2.24) is 9.62 Å². The van der Waals surface area contributed by atoms with Crippen molar-refractivity contribution < 1.29 is 26.4 Å². The van der Waals surface area contributed by atoms with Gasteiger partial charge in [-0.05, 0) is 55.5 Å². The van der Waals surface area contributed by atoms with Crippen molar-refractivity contribution in [2.24, 2.45) is 0 Å². The van der Waals surface area contributed by atoms with Gasteiger partial charge < -0.3 is 10.1 Å². The number of nitrogens with one attached hydrogen (secondary N) is 1. The van der Waals surface area contributed by atoms with Gasteiger partial charge in [0.15, 0.2) is 0 Å². The topological polar surface area (TPSA) is 113 Å². The van der Waals surface area contributed by atoms with Crippen LogP contribution in [0.1, 0.15) is 6.92 Å². The number of hydrogen-bond acceptors (Lipinski definition) is 6. The van der Waals surface area contributed by atoms with Crippen molar-refractivity contribution in [3.8, 4) is 5.75 Å². The molecule has 176 valence electrons. The fourth-order valence-electron chi connectivity index (χ4n) is 2.81. The number of ether oxygens (including phenoxy) is 1. The summed E-state index contributed by atoms with van der Waals surface area (Å²) in [4.78, 5) is 12.7. The molecule has 0 aliphatic carbocycles. The second kappa shape index (κ2) is 10.5. The number of carbonyl (C=O) groups excluding carboxylic acids is 1. The molecule has 1 N–H and O–H groups in total. The lowest BCUT2D eigenvalue weighted by Gasteiger charge is -2.28. The average Bonchev–Trinajstić information content (AvgIpc) is 2.71. The summed E-state index contributed by atoms with van der Waals surface area (Å²) < 4.78 is 56.3. The first-order valence-electron chi connectivity index (χ1n) is 9.52. The SMILES string of the molecule is CC(C(=O)NCCOc1ccc(S(=O)(=O)N(C)C)cc1)N(c1ccc(Cl)cc1)S(C)(=O)=O. The molecule has 0 radical (unpaired) electrons. The van der Waals surface area contributed by atoms with Crippen LogP contribution in [0.25, 0.3) is 0 Å². The molecule has 32 heavy (non-hydrogen) atoms. The molecule has 1 atom stereocenters. The summed E-state index contributed by atoms with van der Waals surface area (Å²) in [5, 5.41) is 3.09. The highest BCUT2D eigenvalue weighted by Gasteiger charge is 2.28. The molecule has 0 spiro atoms. The lowest BCUT2D eigenvalue weighted by atomic mass is 10.2. The largest absolute Gasteiger partial charge is 0.492 e. The monoisotopic (exact) mass is 503 g/mol. The highest BCUT2D eigenvalue weighted by molar-refractivity contribution is 7.92. The number of amides is 1. The third kappa shape index (κ3) is 6.58. The Morgan fingerprint density at radius 1 is 1.03 bits per heavy atom. The molecule has 2 aromatic carbocycles. The van der Waals surface area contributed by atoms with Crippen LogP contribution in [0, 0.1) is 0 Å². The van der Waals surface area contributed by atoms with E-state index in [1.54, 1.807) is 12.1 Å². The summed E-state index contributed by atoms with van der Waals surface area (Å²) in [5.74, 6) is -0.0645. The molecule has 0 aromatic heterocycles. The average molecular weight is 504 g/mol. The second-order valence-corrected chi connectivity index (χ2v) is 11.6. The maximum absolute atomic E-state index is 12.5. The van der Waals surface area contributed by atoms with Gasteiger partial charge in [-0.2, -0.15) is 0 Å². The summed E-state index contributed by atoms with van der Waals surface area (Å²) in [5.41, 5.74) is 0.323. The van der Waals surface area contributed by atoms with Crippen molar-refractivity contribution in [2.75, 3.05) is 37.8 Å². The zero-order chi connectivity index (χ0) is 24.1. The van der Waals surface area contributed by atoms with E-state index in [0.717, 1.165) is 14.9 Å². The summed E-state index contributed by atoms with van der Waals surface area (Å²) in [6, 6.07) is 11.0. The van der Waals surface area contributed by atoms with Crippen molar-refractivity contribution in [3.63, 3.8) is 0 Å². The van der Waals surface area contributed by atoms with Crippen LogP contribution in [0.3, 0.4) is 0 Å². The number of carbonyl (C=O) groups is 1. The quantitative estimate of drug-likeness (QED) is 0.496. The van der Waals surface area contributed by atoms with E-state index in [1.807, 2.05) is 0 Å². The van der Waals surface area contributed by atoms with Crippen molar-refractivity contribution in [2.45, 2.75) is 17.9 Å². The molecule has 9 nitrogen and oxygen atoms in total. The smallest absolute Gasteiger partial charge is 0.243 e. The van der Waals surface area contributed by atoms with Gasteiger partial charge in [-0.3, -0.25) is 9.10 Å². The number of nitrogens with zero attached hydrogens (tertiary/aromatic N) is 2. The summed E-state index contributed by atoms with van der Waals surface area (Å²) in [6.45, 7) is 1.72. The Morgan fingerprint density at radius 3 is 2.09 bits per heavy atom. The minimum Gasteiger partial charge on any atom is -0.492 e. The van der Waals surface area contributed by atoms with Gasteiger partial charge >= 0.3 is 0 Å². The molecule has 12 heteroatoms. The molecule has 0 heterocycles. The predicted octanol–water partition coefficient (Wildman–Crippen LogP) is 1.94. The van der Waals surface area contributed by atoms with E-state index in [1.165, 1.54) is 57.4 Å². The van der Waals surface area contributed by atoms with Crippen LogP contribution < -0.4 is 14.4 Å². The summed E-state index contributed by atoms with van der Waals surface area (Å²) >= 11 is 5.86. The number of benzene rings is 2. The van der Waals surface area contributed by atoms with Gasteiger partial charge in [0.25, 0.3) is 0 Å². The van der Waals surface area contributed by atoms with E-state index in [0.29, 0.717) is 16.5 Å². The van der Waals surface area contributed by atoms with Gasteiger partial charge in [-0.15, -0.1) is 0 Å². The van der Waals surface area contributed by atoms with Gasteiger partial charge in [0.1, 0.15) is 18.4 Å². The molecule has 1 unspecified atom stereocenters. The summed E-state index contributed by atoms with van der Waals surface area (Å²) in [6.07, 6.45) is 1.02. The van der Waals surface area contributed by atoms with Crippen molar-refractivity contribution in [1.29, 1.82) is 0 Å². The molecule has 1 amide bonds. The van der Waals surface area contributed by atoms with Crippen LogP contribution in [0.15, 0.2) is 53.4 Å². The van der Waals surface area contributed by atoms with Crippen LogP contribution in [0.2, 0.25) is 5.02 Å². The van der Waals surface area contributed by atoms with Gasteiger partial charge in [0.05, 0.1) is 23.4 Å². The van der Waals surface area contributed by atoms with Crippen LogP contribution in [0.5, 0.6) is 5.75 Å². The van der Waals surface area contributed by atoms with Crippen LogP contribution >= 0.6 is 11.6 Å². The third-order valence-electron chi connectivity index (χ3n) is 4.44. The van der Waals surface area contributed by atoms with Crippen molar-refractivity contribution in [3.05, 3.63) is 53.6 Å². The number of rotatable bonds is 10. The Bertz CT molecular complexity index is 1130. The zero-order valence-electron chi connectivity index (χ0n) is 18.1. The number of hydrogen-bond donors (Lipinski definition) is 1. The molecule has 0 saturated heterocycles. The molecule has 0 fully saturated rings. The maximum atomic E-state index is 12.5. The lowest BCUT2D eigenvalue weighted by molar-refractivity contribution is -0.121. The van der Waals surface area contributed by atoms with Crippen molar-refractivity contribution >= 4 is 43.2 Å². The van der Waals surface area contributed by atoms with Crippen LogP contribution in [-0.2, 0) is 24.8 Å². The molecule has 0 bridgehead atoms. The molecule has 2 rings (SSSR count). The Hall–Kier alpha value is -2.34. The number of sulfonamides is 2.